The average molecular weight is 327 g/mol. The second-order valence-electron chi connectivity index (χ2n) is 6.78. The van der Waals surface area contributed by atoms with E-state index in [4.69, 9.17) is 4.42 Å². The van der Waals surface area contributed by atoms with E-state index < -0.39 is 0 Å². The molecule has 1 aromatic heterocycles. The first-order chi connectivity index (χ1) is 11.7. The van der Waals surface area contributed by atoms with Gasteiger partial charge in [0.15, 0.2) is 18.3 Å². The minimum absolute atomic E-state index is 0.00993. The van der Waals surface area contributed by atoms with E-state index in [-0.39, 0.29) is 11.9 Å². The molecule has 0 spiro atoms. The lowest BCUT2D eigenvalue weighted by molar-refractivity contribution is -0.678. The third kappa shape index (κ3) is 4.26. The largest absolute Gasteiger partial charge is 0.463 e. The van der Waals surface area contributed by atoms with Gasteiger partial charge in [0, 0.05) is 11.6 Å². The molecule has 0 radical (unpaired) electrons. The summed E-state index contributed by atoms with van der Waals surface area (Å²) in [5.41, 5.74) is 1.14. The van der Waals surface area contributed by atoms with Gasteiger partial charge in [-0.3, -0.25) is 4.79 Å². The van der Waals surface area contributed by atoms with Crippen molar-refractivity contribution >= 4 is 5.91 Å². The summed E-state index contributed by atoms with van der Waals surface area (Å²) in [6.07, 6.45) is 6.51. The maximum Gasteiger partial charge on any atom is 0.275 e. The highest BCUT2D eigenvalue weighted by atomic mass is 16.3. The lowest BCUT2D eigenvalue weighted by Gasteiger charge is -2.29. The van der Waals surface area contributed by atoms with Crippen molar-refractivity contribution in [3.05, 3.63) is 60.1 Å². The Hall–Kier alpha value is -2.07. The van der Waals surface area contributed by atoms with Gasteiger partial charge in [0.05, 0.1) is 6.26 Å². The lowest BCUT2D eigenvalue weighted by Crippen LogP contribution is -2.88. The molecule has 3 atom stereocenters. The van der Waals surface area contributed by atoms with Crippen molar-refractivity contribution in [1.82, 2.24) is 5.32 Å². The second kappa shape index (κ2) is 8.15. The molecule has 0 bridgehead atoms. The molecule has 1 aliphatic rings. The van der Waals surface area contributed by atoms with Gasteiger partial charge in [-0.25, -0.2) is 0 Å². The molecule has 3 N–H and O–H groups in total. The molecule has 4 heteroatoms. The van der Waals surface area contributed by atoms with Crippen LogP contribution in [0.4, 0.5) is 0 Å². The van der Waals surface area contributed by atoms with Crippen molar-refractivity contribution in [3.8, 4) is 0 Å². The Morgan fingerprint density at radius 3 is 2.71 bits per heavy atom. The number of carbonyl (C=O) groups excluding carboxylic acids is 1. The number of quaternary nitrogens is 1. The Morgan fingerprint density at radius 2 is 2.00 bits per heavy atom. The van der Waals surface area contributed by atoms with Gasteiger partial charge in [-0.1, -0.05) is 50.1 Å². The predicted octanol–water partition coefficient (Wildman–Crippen LogP) is 2.63. The lowest BCUT2D eigenvalue weighted by atomic mass is 9.86. The van der Waals surface area contributed by atoms with Crippen molar-refractivity contribution < 1.29 is 14.5 Å². The van der Waals surface area contributed by atoms with Gasteiger partial charge >= 0.3 is 0 Å². The van der Waals surface area contributed by atoms with Crippen LogP contribution in [0.1, 0.15) is 50.0 Å². The van der Waals surface area contributed by atoms with Crippen molar-refractivity contribution in [2.75, 3.05) is 6.54 Å². The van der Waals surface area contributed by atoms with Crippen LogP contribution in [0, 0.1) is 5.92 Å². The van der Waals surface area contributed by atoms with Crippen LogP contribution in [-0.2, 0) is 4.79 Å². The van der Waals surface area contributed by atoms with Crippen LogP contribution in [0.2, 0.25) is 0 Å². The van der Waals surface area contributed by atoms with Gasteiger partial charge in [-0.2, -0.15) is 0 Å². The van der Waals surface area contributed by atoms with Crippen LogP contribution in [0.15, 0.2) is 53.1 Å². The summed E-state index contributed by atoms with van der Waals surface area (Å²) in [6, 6.07) is 14.4. The fraction of sp³-hybridized carbons (Fsp3) is 0.450. The van der Waals surface area contributed by atoms with E-state index in [0.29, 0.717) is 18.5 Å². The fourth-order valence-electron chi connectivity index (χ4n) is 3.57. The molecule has 2 aromatic rings. The van der Waals surface area contributed by atoms with Crippen LogP contribution in [0.5, 0.6) is 0 Å². The molecule has 4 nitrogen and oxygen atoms in total. The summed E-state index contributed by atoms with van der Waals surface area (Å²) in [6.45, 7) is 2.65. The fourth-order valence-corrected chi connectivity index (χ4v) is 3.57. The Balaban J connectivity index is 1.60. The van der Waals surface area contributed by atoms with Crippen molar-refractivity contribution in [1.29, 1.82) is 0 Å². The van der Waals surface area contributed by atoms with Gasteiger partial charge in [0.2, 0.25) is 0 Å². The summed E-state index contributed by atoms with van der Waals surface area (Å²) in [7, 11) is 0. The predicted molar refractivity (Wildman–Crippen MR) is 93.3 cm³/mol. The van der Waals surface area contributed by atoms with Crippen LogP contribution in [0.3, 0.4) is 0 Å². The maximum absolute atomic E-state index is 12.4. The number of hydrogen-bond acceptors (Lipinski definition) is 2. The monoisotopic (exact) mass is 327 g/mol. The molecule has 3 rings (SSSR count). The molecular formula is C20H27N2O2+. The molecule has 1 saturated carbocycles. The van der Waals surface area contributed by atoms with Gasteiger partial charge in [-0.05, 0) is 30.9 Å². The molecular weight excluding hydrogens is 300 g/mol. The molecule has 0 unspecified atom stereocenters. The Labute approximate surface area is 143 Å². The van der Waals surface area contributed by atoms with Crippen molar-refractivity contribution in [2.45, 2.75) is 44.7 Å². The number of furan rings is 1. The van der Waals surface area contributed by atoms with Crippen LogP contribution >= 0.6 is 0 Å². The van der Waals surface area contributed by atoms with Crippen molar-refractivity contribution in [3.63, 3.8) is 0 Å². The molecule has 1 amide bonds. The third-order valence-electron chi connectivity index (χ3n) is 5.01. The Morgan fingerprint density at radius 1 is 1.21 bits per heavy atom. The molecule has 0 saturated heterocycles. The van der Waals surface area contributed by atoms with E-state index >= 15 is 0 Å². The molecule has 1 aromatic carbocycles. The Kier molecular flexibility index (Phi) is 5.70. The number of amides is 1. The zero-order chi connectivity index (χ0) is 16.8. The van der Waals surface area contributed by atoms with Gasteiger partial charge in [-0.15, -0.1) is 0 Å². The van der Waals surface area contributed by atoms with Crippen LogP contribution in [0.25, 0.3) is 0 Å². The zero-order valence-electron chi connectivity index (χ0n) is 14.3. The quantitative estimate of drug-likeness (QED) is 0.857. The highest BCUT2D eigenvalue weighted by molar-refractivity contribution is 5.77. The minimum Gasteiger partial charge on any atom is -0.463 e. The number of hydrogen-bond donors (Lipinski definition) is 2. The highest BCUT2D eigenvalue weighted by Crippen LogP contribution is 2.23. The molecule has 128 valence electrons. The highest BCUT2D eigenvalue weighted by Gasteiger charge is 2.25. The van der Waals surface area contributed by atoms with E-state index in [1.54, 1.807) is 6.26 Å². The van der Waals surface area contributed by atoms with Crippen LogP contribution in [-0.4, -0.2) is 18.5 Å². The van der Waals surface area contributed by atoms with Crippen molar-refractivity contribution in [2.24, 2.45) is 5.92 Å². The zero-order valence-corrected chi connectivity index (χ0v) is 14.3. The van der Waals surface area contributed by atoms with Crippen LogP contribution < -0.4 is 10.6 Å². The summed E-state index contributed by atoms with van der Waals surface area (Å²) in [5, 5.41) is 5.27. The summed E-state index contributed by atoms with van der Waals surface area (Å²) >= 11 is 0. The summed E-state index contributed by atoms with van der Waals surface area (Å²) in [4.78, 5) is 12.4. The first kappa shape index (κ1) is 16.8. The normalized spacial score (nSPS) is 22.0. The van der Waals surface area contributed by atoms with E-state index in [0.717, 1.165) is 17.7 Å². The van der Waals surface area contributed by atoms with Gasteiger partial charge in [0.1, 0.15) is 0 Å². The van der Waals surface area contributed by atoms with Gasteiger partial charge < -0.3 is 15.1 Å². The molecule has 1 aliphatic carbocycles. The van der Waals surface area contributed by atoms with E-state index in [1.165, 1.54) is 19.3 Å². The number of benzene rings is 1. The first-order valence-electron chi connectivity index (χ1n) is 8.95. The molecule has 0 aliphatic heterocycles. The van der Waals surface area contributed by atoms with E-state index in [1.807, 2.05) is 30.3 Å². The number of nitrogens with two attached hydrogens (primary N) is 1. The number of nitrogens with one attached hydrogen (secondary N) is 1. The molecule has 24 heavy (non-hydrogen) atoms. The SMILES string of the molecule is C[C@H]1CCCC[C@@H]1NC(=O)C[NH2+][C@@H](c1ccccc1)c1ccco1. The standard InChI is InChI=1S/C20H26N2O2/c1-15-8-5-6-11-17(15)22-19(23)14-21-20(18-12-7-13-24-18)16-9-3-2-4-10-16/h2-4,7,9-10,12-13,15,17,20-21H,5-6,8,11,14H2,1H3,(H,22,23)/p+1/t15-,17-,20-/m0/s1. The van der Waals surface area contributed by atoms with E-state index in [9.17, 15) is 4.79 Å². The number of rotatable bonds is 6. The third-order valence-corrected chi connectivity index (χ3v) is 5.01. The topological polar surface area (TPSA) is 58.9 Å². The maximum atomic E-state index is 12.4. The minimum atomic E-state index is 0.00993. The summed E-state index contributed by atoms with van der Waals surface area (Å²) in [5.74, 6) is 1.57. The first-order valence-corrected chi connectivity index (χ1v) is 8.95. The van der Waals surface area contributed by atoms with E-state index in [2.05, 4.69) is 29.7 Å². The average Bonchev–Trinajstić information content (AvgIpc) is 3.12. The second-order valence-corrected chi connectivity index (χ2v) is 6.78. The van der Waals surface area contributed by atoms with Gasteiger partial charge in [0.25, 0.3) is 5.91 Å². The Bertz CT molecular complexity index is 624. The number of carbonyl (C=O) groups is 1. The summed E-state index contributed by atoms with van der Waals surface area (Å²) < 4.78 is 5.59. The molecule has 1 heterocycles. The smallest absolute Gasteiger partial charge is 0.275 e. The molecule has 1 fully saturated rings.